The predicted molar refractivity (Wildman–Crippen MR) is 59.5 cm³/mol. The summed E-state index contributed by atoms with van der Waals surface area (Å²) in [5.74, 6) is -1.03. The Labute approximate surface area is 100 Å². The first-order valence-corrected chi connectivity index (χ1v) is 5.36. The van der Waals surface area contributed by atoms with Gasteiger partial charge in [0.05, 0.1) is 17.2 Å². The van der Waals surface area contributed by atoms with Gasteiger partial charge in [-0.05, 0) is 34.1 Å². The molecule has 0 aromatic heterocycles. The van der Waals surface area contributed by atoms with Gasteiger partial charge in [-0.15, -0.1) is 0 Å². The number of carbonyl (C=O) groups excluding carboxylic acids is 1. The van der Waals surface area contributed by atoms with Gasteiger partial charge in [0, 0.05) is 12.1 Å². The second-order valence-electron chi connectivity index (χ2n) is 3.18. The number of aliphatic hydroxyl groups excluding tert-OH is 2. The average molecular weight is 292 g/mol. The minimum absolute atomic E-state index is 0.0764. The van der Waals surface area contributed by atoms with Crippen molar-refractivity contribution >= 4 is 21.8 Å². The Hall–Kier alpha value is -0.980. The second-order valence-corrected chi connectivity index (χ2v) is 4.03. The lowest BCUT2D eigenvalue weighted by Crippen LogP contribution is -2.33. The molecule has 0 radical (unpaired) electrons. The lowest BCUT2D eigenvalue weighted by Gasteiger charge is -2.09. The third-order valence-corrected chi connectivity index (χ3v) is 2.53. The highest BCUT2D eigenvalue weighted by molar-refractivity contribution is 9.10. The minimum Gasteiger partial charge on any atom is -0.394 e. The van der Waals surface area contributed by atoms with Crippen molar-refractivity contribution in [3.63, 3.8) is 0 Å². The Kier molecular flexibility index (Phi) is 4.85. The maximum absolute atomic E-state index is 13.1. The summed E-state index contributed by atoms with van der Waals surface area (Å²) in [5.41, 5.74) is 0.158. The molecule has 88 valence electrons. The van der Waals surface area contributed by atoms with Gasteiger partial charge in [-0.3, -0.25) is 4.79 Å². The van der Waals surface area contributed by atoms with Crippen LogP contribution in [0.15, 0.2) is 22.7 Å². The molecule has 0 saturated heterocycles. The van der Waals surface area contributed by atoms with Crippen LogP contribution >= 0.6 is 15.9 Å². The molecule has 4 nitrogen and oxygen atoms in total. The summed E-state index contributed by atoms with van der Waals surface area (Å²) < 4.78 is 13.4. The summed E-state index contributed by atoms with van der Waals surface area (Å²) in [4.78, 5) is 11.4. The fourth-order valence-electron chi connectivity index (χ4n) is 1.01. The van der Waals surface area contributed by atoms with Gasteiger partial charge in [0.15, 0.2) is 0 Å². The number of rotatable bonds is 4. The van der Waals surface area contributed by atoms with Crippen LogP contribution in [0.3, 0.4) is 0 Å². The van der Waals surface area contributed by atoms with E-state index in [0.717, 1.165) is 6.07 Å². The summed E-state index contributed by atoms with van der Waals surface area (Å²) >= 11 is 2.97. The predicted octanol–water partition coefficient (Wildman–Crippen LogP) is 0.671. The Balaban J connectivity index is 2.63. The topological polar surface area (TPSA) is 69.6 Å². The zero-order valence-corrected chi connectivity index (χ0v) is 9.87. The zero-order chi connectivity index (χ0) is 12.1. The van der Waals surface area contributed by atoms with Crippen molar-refractivity contribution in [2.75, 3.05) is 13.2 Å². The third-order valence-electron chi connectivity index (χ3n) is 1.89. The molecule has 0 aliphatic carbocycles. The molecule has 0 aliphatic rings. The molecule has 0 spiro atoms. The van der Waals surface area contributed by atoms with Gasteiger partial charge in [0.1, 0.15) is 5.82 Å². The van der Waals surface area contributed by atoms with Gasteiger partial charge in [-0.1, -0.05) is 0 Å². The van der Waals surface area contributed by atoms with Crippen LogP contribution < -0.4 is 5.32 Å². The molecule has 1 aromatic carbocycles. The number of hydrogen-bond acceptors (Lipinski definition) is 3. The molecule has 1 atom stereocenters. The summed E-state index contributed by atoms with van der Waals surface area (Å²) in [6.07, 6.45) is -1.01. The van der Waals surface area contributed by atoms with E-state index in [2.05, 4.69) is 21.2 Å². The molecule has 0 heterocycles. The van der Waals surface area contributed by atoms with Crippen molar-refractivity contribution in [3.8, 4) is 0 Å². The monoisotopic (exact) mass is 291 g/mol. The van der Waals surface area contributed by atoms with Gasteiger partial charge in [-0.2, -0.15) is 0 Å². The van der Waals surface area contributed by atoms with Crippen molar-refractivity contribution in [3.05, 3.63) is 34.1 Å². The Morgan fingerprint density at radius 2 is 2.25 bits per heavy atom. The molecule has 1 unspecified atom stereocenters. The maximum Gasteiger partial charge on any atom is 0.251 e. The van der Waals surface area contributed by atoms with Crippen molar-refractivity contribution < 1.29 is 19.4 Å². The van der Waals surface area contributed by atoms with E-state index >= 15 is 0 Å². The smallest absolute Gasteiger partial charge is 0.251 e. The molecule has 1 amide bonds. The summed E-state index contributed by atoms with van der Waals surface area (Å²) in [6.45, 7) is -0.512. The van der Waals surface area contributed by atoms with E-state index in [1.165, 1.54) is 12.1 Å². The number of nitrogens with one attached hydrogen (secondary N) is 1. The maximum atomic E-state index is 13.1. The molecule has 3 N–H and O–H groups in total. The minimum atomic E-state index is -1.01. The van der Waals surface area contributed by atoms with Crippen LogP contribution in [-0.4, -0.2) is 35.4 Å². The number of aliphatic hydroxyl groups is 2. The molecule has 0 fully saturated rings. The largest absolute Gasteiger partial charge is 0.394 e. The quantitative estimate of drug-likeness (QED) is 0.764. The van der Waals surface area contributed by atoms with Crippen LogP contribution in [0, 0.1) is 5.82 Å². The Morgan fingerprint density at radius 3 is 2.81 bits per heavy atom. The van der Waals surface area contributed by atoms with Crippen LogP contribution in [0.2, 0.25) is 0 Å². The molecule has 0 aliphatic heterocycles. The Bertz CT molecular complexity index is 386. The van der Waals surface area contributed by atoms with Crippen LogP contribution in [0.5, 0.6) is 0 Å². The SMILES string of the molecule is O=C(NCC(O)CO)c1ccc(Br)c(F)c1. The number of benzene rings is 1. The highest BCUT2D eigenvalue weighted by Gasteiger charge is 2.10. The van der Waals surface area contributed by atoms with Crippen LogP contribution in [-0.2, 0) is 0 Å². The van der Waals surface area contributed by atoms with Crippen LogP contribution in [0.25, 0.3) is 0 Å². The Morgan fingerprint density at radius 1 is 1.56 bits per heavy atom. The number of hydrogen-bond donors (Lipinski definition) is 3. The lowest BCUT2D eigenvalue weighted by molar-refractivity contribution is 0.0801. The fraction of sp³-hybridized carbons (Fsp3) is 0.300. The number of halogens is 2. The second kappa shape index (κ2) is 5.93. The molecular weight excluding hydrogens is 281 g/mol. The van der Waals surface area contributed by atoms with E-state index in [1.54, 1.807) is 0 Å². The van der Waals surface area contributed by atoms with E-state index < -0.39 is 24.4 Å². The van der Waals surface area contributed by atoms with Gasteiger partial charge in [0.2, 0.25) is 0 Å². The van der Waals surface area contributed by atoms with Crippen molar-refractivity contribution in [1.29, 1.82) is 0 Å². The van der Waals surface area contributed by atoms with E-state index in [0.29, 0.717) is 0 Å². The highest BCUT2D eigenvalue weighted by atomic mass is 79.9. The first-order valence-electron chi connectivity index (χ1n) is 4.56. The van der Waals surface area contributed by atoms with Gasteiger partial charge in [0.25, 0.3) is 5.91 Å². The van der Waals surface area contributed by atoms with Crippen molar-refractivity contribution in [1.82, 2.24) is 5.32 Å². The van der Waals surface area contributed by atoms with Gasteiger partial charge >= 0.3 is 0 Å². The zero-order valence-electron chi connectivity index (χ0n) is 8.28. The number of carbonyl (C=O) groups is 1. The summed E-state index contributed by atoms with van der Waals surface area (Å²) in [7, 11) is 0. The highest BCUT2D eigenvalue weighted by Crippen LogP contribution is 2.16. The summed E-state index contributed by atoms with van der Waals surface area (Å²) in [6, 6.07) is 3.96. The van der Waals surface area contributed by atoms with Gasteiger partial charge in [-0.25, -0.2) is 4.39 Å². The fourth-order valence-corrected chi connectivity index (χ4v) is 1.26. The van der Waals surface area contributed by atoms with E-state index in [1.807, 2.05) is 0 Å². The average Bonchev–Trinajstić information content (AvgIpc) is 2.29. The van der Waals surface area contributed by atoms with E-state index in [-0.39, 0.29) is 16.6 Å². The molecule has 0 bridgehead atoms. The molecule has 0 saturated carbocycles. The molecule has 16 heavy (non-hydrogen) atoms. The first kappa shape index (κ1) is 13.1. The molecule has 6 heteroatoms. The van der Waals surface area contributed by atoms with Crippen molar-refractivity contribution in [2.24, 2.45) is 0 Å². The normalized spacial score (nSPS) is 12.2. The summed E-state index contributed by atoms with van der Waals surface area (Å²) in [5, 5.41) is 19.9. The van der Waals surface area contributed by atoms with E-state index in [4.69, 9.17) is 10.2 Å². The lowest BCUT2D eigenvalue weighted by atomic mass is 10.2. The molecule has 1 rings (SSSR count). The van der Waals surface area contributed by atoms with Crippen molar-refractivity contribution in [2.45, 2.75) is 6.10 Å². The van der Waals surface area contributed by atoms with Crippen LogP contribution in [0.1, 0.15) is 10.4 Å². The van der Waals surface area contributed by atoms with Gasteiger partial charge < -0.3 is 15.5 Å². The van der Waals surface area contributed by atoms with E-state index in [9.17, 15) is 9.18 Å². The third kappa shape index (κ3) is 3.55. The number of amides is 1. The molecule has 1 aromatic rings. The molecular formula is C10H11BrFNO3. The first-order chi connectivity index (χ1) is 7.54. The standard InChI is InChI=1S/C10H11BrFNO3/c11-8-2-1-6(3-9(8)12)10(16)13-4-7(15)5-14/h1-3,7,14-15H,4-5H2,(H,13,16). The van der Waals surface area contributed by atoms with Crippen LogP contribution in [0.4, 0.5) is 4.39 Å².